The van der Waals surface area contributed by atoms with Crippen molar-refractivity contribution in [1.29, 1.82) is 0 Å². The van der Waals surface area contributed by atoms with Crippen molar-refractivity contribution in [2.24, 2.45) is 0 Å². The summed E-state index contributed by atoms with van der Waals surface area (Å²) in [6, 6.07) is 9.37. The van der Waals surface area contributed by atoms with Crippen molar-refractivity contribution in [3.63, 3.8) is 0 Å². The van der Waals surface area contributed by atoms with Crippen LogP contribution in [0, 0.1) is 0 Å². The molecule has 5 heteroatoms. The molecule has 1 unspecified atom stereocenters. The Morgan fingerprint density at radius 3 is 2.61 bits per heavy atom. The first-order valence-electron chi connectivity index (χ1n) is 5.63. The molecule has 0 aliphatic carbocycles. The summed E-state index contributed by atoms with van der Waals surface area (Å²) in [7, 11) is 0. The summed E-state index contributed by atoms with van der Waals surface area (Å²) in [4.78, 5) is 11.0. The number of benzene rings is 1. The van der Waals surface area contributed by atoms with E-state index >= 15 is 0 Å². The average Bonchev–Trinajstić information content (AvgIpc) is 2.37. The highest BCUT2D eigenvalue weighted by Gasteiger charge is 2.34. The van der Waals surface area contributed by atoms with Crippen LogP contribution >= 0.6 is 0 Å². The minimum absolute atomic E-state index is 0.128. The molecule has 0 amide bonds. The highest BCUT2D eigenvalue weighted by molar-refractivity contribution is 5.77. The van der Waals surface area contributed by atoms with Crippen LogP contribution in [-0.2, 0) is 20.9 Å². The summed E-state index contributed by atoms with van der Waals surface area (Å²) >= 11 is 0. The number of aliphatic carboxylic acids is 1. The van der Waals surface area contributed by atoms with Gasteiger partial charge in [-0.2, -0.15) is 0 Å². The first-order chi connectivity index (χ1) is 8.58. The zero-order chi connectivity index (χ0) is 13.4. The van der Waals surface area contributed by atoms with E-state index in [0.717, 1.165) is 5.56 Å². The number of rotatable bonds is 8. The number of carboxylic acids is 1. The lowest BCUT2D eigenvalue weighted by Gasteiger charge is -2.24. The van der Waals surface area contributed by atoms with Gasteiger partial charge in [0.2, 0.25) is 0 Å². The van der Waals surface area contributed by atoms with E-state index in [-0.39, 0.29) is 13.2 Å². The molecule has 0 heterocycles. The van der Waals surface area contributed by atoms with E-state index in [4.69, 9.17) is 14.6 Å². The summed E-state index contributed by atoms with van der Waals surface area (Å²) in [6.45, 7) is 0.564. The van der Waals surface area contributed by atoms with Gasteiger partial charge in [-0.05, 0) is 12.5 Å². The highest BCUT2D eigenvalue weighted by atomic mass is 19.1. The van der Waals surface area contributed by atoms with E-state index in [1.165, 1.54) is 6.92 Å². The Kier molecular flexibility index (Phi) is 5.74. The summed E-state index contributed by atoms with van der Waals surface area (Å²) in [5, 5.41) is 9.03. The second-order valence-electron chi connectivity index (χ2n) is 4.05. The second-order valence-corrected chi connectivity index (χ2v) is 4.05. The Morgan fingerprint density at radius 2 is 2.06 bits per heavy atom. The van der Waals surface area contributed by atoms with Crippen LogP contribution in [0.4, 0.5) is 4.39 Å². The number of carboxylic acid groups (broad SMARTS) is 1. The summed E-state index contributed by atoms with van der Waals surface area (Å²) < 4.78 is 22.3. The number of ether oxygens (including phenoxy) is 2. The molecular formula is C13H17FO4. The maximum absolute atomic E-state index is 12.0. The van der Waals surface area contributed by atoms with Crippen LogP contribution in [-0.4, -0.2) is 36.6 Å². The van der Waals surface area contributed by atoms with Gasteiger partial charge < -0.3 is 14.6 Å². The summed E-state index contributed by atoms with van der Waals surface area (Å²) in [5.41, 5.74) is -0.573. The lowest BCUT2D eigenvalue weighted by atomic mass is 10.1. The van der Waals surface area contributed by atoms with Crippen molar-refractivity contribution >= 4 is 5.97 Å². The lowest BCUT2D eigenvalue weighted by molar-refractivity contribution is -0.172. The number of carbonyl (C=O) groups is 1. The molecule has 1 aromatic rings. The van der Waals surface area contributed by atoms with Crippen LogP contribution in [0.3, 0.4) is 0 Å². The maximum atomic E-state index is 12.0. The van der Waals surface area contributed by atoms with Crippen LogP contribution in [0.25, 0.3) is 0 Å². The third-order valence-electron chi connectivity index (χ3n) is 2.44. The first kappa shape index (κ1) is 14.6. The topological polar surface area (TPSA) is 55.8 Å². The molecule has 0 spiro atoms. The lowest BCUT2D eigenvalue weighted by Crippen LogP contribution is -2.43. The zero-order valence-electron chi connectivity index (χ0n) is 10.3. The molecule has 0 bridgehead atoms. The first-order valence-corrected chi connectivity index (χ1v) is 5.63. The van der Waals surface area contributed by atoms with Gasteiger partial charge in [-0.1, -0.05) is 30.3 Å². The fourth-order valence-corrected chi connectivity index (χ4v) is 1.37. The minimum atomic E-state index is -1.51. The molecule has 0 saturated carbocycles. The van der Waals surface area contributed by atoms with Crippen LogP contribution in [0.15, 0.2) is 30.3 Å². The third kappa shape index (κ3) is 4.43. The normalized spacial score (nSPS) is 14.1. The van der Waals surface area contributed by atoms with E-state index in [1.54, 1.807) is 0 Å². The predicted molar refractivity (Wildman–Crippen MR) is 64.1 cm³/mol. The molecule has 1 aromatic carbocycles. The minimum Gasteiger partial charge on any atom is -0.479 e. The second kappa shape index (κ2) is 7.08. The highest BCUT2D eigenvalue weighted by Crippen LogP contribution is 2.13. The summed E-state index contributed by atoms with van der Waals surface area (Å²) in [6.07, 6.45) is 0. The SMILES string of the molecule is CC(COCc1ccccc1)(OCCF)C(=O)O. The van der Waals surface area contributed by atoms with E-state index in [1.807, 2.05) is 30.3 Å². The van der Waals surface area contributed by atoms with Gasteiger partial charge in [0.25, 0.3) is 0 Å². The number of halogens is 1. The molecule has 0 aliphatic rings. The molecule has 0 saturated heterocycles. The quantitative estimate of drug-likeness (QED) is 0.773. The van der Waals surface area contributed by atoms with Crippen LogP contribution in [0.5, 0.6) is 0 Å². The molecule has 4 nitrogen and oxygen atoms in total. The molecular weight excluding hydrogens is 239 g/mol. The van der Waals surface area contributed by atoms with Gasteiger partial charge in [-0.15, -0.1) is 0 Å². The smallest absolute Gasteiger partial charge is 0.338 e. The van der Waals surface area contributed by atoms with Crippen LogP contribution in [0.2, 0.25) is 0 Å². The Bertz CT molecular complexity index is 369. The Hall–Kier alpha value is -1.46. The molecule has 1 rings (SSSR count). The Morgan fingerprint density at radius 1 is 1.39 bits per heavy atom. The molecule has 0 fully saturated rings. The summed E-state index contributed by atoms with van der Waals surface area (Å²) in [5.74, 6) is -1.16. The molecule has 100 valence electrons. The third-order valence-corrected chi connectivity index (χ3v) is 2.44. The van der Waals surface area contributed by atoms with Crippen LogP contribution < -0.4 is 0 Å². The number of hydrogen-bond donors (Lipinski definition) is 1. The van der Waals surface area contributed by atoms with Crippen molar-refractivity contribution in [3.05, 3.63) is 35.9 Å². The van der Waals surface area contributed by atoms with Crippen molar-refractivity contribution in [2.45, 2.75) is 19.1 Å². The largest absolute Gasteiger partial charge is 0.479 e. The van der Waals surface area contributed by atoms with E-state index < -0.39 is 18.2 Å². The number of alkyl halides is 1. The molecule has 1 atom stereocenters. The monoisotopic (exact) mass is 256 g/mol. The predicted octanol–water partition coefficient (Wildman–Crippen LogP) is 2.03. The van der Waals surface area contributed by atoms with Gasteiger partial charge in [0.1, 0.15) is 6.67 Å². The molecule has 0 aromatic heterocycles. The van der Waals surface area contributed by atoms with E-state index in [0.29, 0.717) is 6.61 Å². The number of hydrogen-bond acceptors (Lipinski definition) is 3. The van der Waals surface area contributed by atoms with Crippen LogP contribution in [0.1, 0.15) is 12.5 Å². The van der Waals surface area contributed by atoms with E-state index in [2.05, 4.69) is 0 Å². The van der Waals surface area contributed by atoms with Crippen molar-refractivity contribution in [3.8, 4) is 0 Å². The van der Waals surface area contributed by atoms with E-state index in [9.17, 15) is 9.18 Å². The van der Waals surface area contributed by atoms with Crippen molar-refractivity contribution in [2.75, 3.05) is 19.9 Å². The standard InChI is InChI=1S/C13H17FO4/c1-13(12(15)16,18-8-7-14)10-17-9-11-5-3-2-4-6-11/h2-6H,7-10H2,1H3,(H,15,16). The van der Waals surface area contributed by atoms with Gasteiger partial charge in [0.15, 0.2) is 5.60 Å². The molecule has 1 N–H and O–H groups in total. The van der Waals surface area contributed by atoms with Gasteiger partial charge in [0, 0.05) is 0 Å². The van der Waals surface area contributed by atoms with Gasteiger partial charge >= 0.3 is 5.97 Å². The fraction of sp³-hybridized carbons (Fsp3) is 0.462. The van der Waals surface area contributed by atoms with Gasteiger partial charge in [-0.3, -0.25) is 0 Å². The maximum Gasteiger partial charge on any atom is 0.338 e. The average molecular weight is 256 g/mol. The van der Waals surface area contributed by atoms with Crippen molar-refractivity contribution < 1.29 is 23.8 Å². The fourth-order valence-electron chi connectivity index (χ4n) is 1.37. The molecule has 0 aliphatic heterocycles. The Labute approximate surface area is 105 Å². The van der Waals surface area contributed by atoms with Crippen molar-refractivity contribution in [1.82, 2.24) is 0 Å². The molecule has 18 heavy (non-hydrogen) atoms. The zero-order valence-corrected chi connectivity index (χ0v) is 10.3. The van der Waals surface area contributed by atoms with Gasteiger partial charge in [0.05, 0.1) is 19.8 Å². The van der Waals surface area contributed by atoms with Gasteiger partial charge in [-0.25, -0.2) is 9.18 Å². The molecule has 0 radical (unpaired) electrons. The Balaban J connectivity index is 2.45.